The fraction of sp³-hybridized carbons (Fsp3) is 0.400. The zero-order chi connectivity index (χ0) is 14.7. The number of carbonyl (C=O) groups is 1. The van der Waals surface area contributed by atoms with Gasteiger partial charge in [0.25, 0.3) is 5.91 Å². The molecule has 0 aromatic carbocycles. The highest BCUT2D eigenvalue weighted by Crippen LogP contribution is 2.19. The molecule has 1 aliphatic carbocycles. The van der Waals surface area contributed by atoms with Gasteiger partial charge in [-0.15, -0.1) is 0 Å². The maximum Gasteiger partial charge on any atom is 0.346 e. The van der Waals surface area contributed by atoms with Crippen LogP contribution in [0, 0.1) is 0 Å². The average molecular weight is 287 g/mol. The van der Waals surface area contributed by atoms with E-state index in [1.54, 1.807) is 18.2 Å². The average Bonchev–Trinajstić information content (AvgIpc) is 3.02. The highest BCUT2D eigenvalue weighted by Gasteiger charge is 2.18. The summed E-state index contributed by atoms with van der Waals surface area (Å²) < 4.78 is 5.23. The van der Waals surface area contributed by atoms with Crippen LogP contribution in [-0.2, 0) is 0 Å². The Morgan fingerprint density at radius 2 is 2.14 bits per heavy atom. The van der Waals surface area contributed by atoms with Crippen LogP contribution in [0.15, 0.2) is 33.7 Å². The molecule has 1 fully saturated rings. The van der Waals surface area contributed by atoms with Gasteiger partial charge in [0, 0.05) is 6.04 Å². The Morgan fingerprint density at radius 3 is 2.86 bits per heavy atom. The molecular weight excluding hydrogens is 270 g/mol. The van der Waals surface area contributed by atoms with Gasteiger partial charge in [-0.2, -0.15) is 4.98 Å². The fourth-order valence-electron chi connectivity index (χ4n) is 2.64. The van der Waals surface area contributed by atoms with Crippen molar-refractivity contribution < 1.29 is 9.21 Å². The molecule has 6 heteroatoms. The summed E-state index contributed by atoms with van der Waals surface area (Å²) in [5, 5.41) is 2.95. The number of amides is 1. The van der Waals surface area contributed by atoms with Crippen LogP contribution in [-0.4, -0.2) is 21.9 Å². The van der Waals surface area contributed by atoms with Crippen molar-refractivity contribution >= 4 is 5.91 Å². The quantitative estimate of drug-likeness (QED) is 0.904. The predicted octanol–water partition coefficient (Wildman–Crippen LogP) is 2.09. The summed E-state index contributed by atoms with van der Waals surface area (Å²) in [6.45, 7) is 0. The van der Waals surface area contributed by atoms with Crippen molar-refractivity contribution in [1.82, 2.24) is 15.3 Å². The molecule has 0 aliphatic heterocycles. The lowest BCUT2D eigenvalue weighted by atomic mass is 9.95. The van der Waals surface area contributed by atoms with Crippen LogP contribution in [0.3, 0.4) is 0 Å². The smallest absolute Gasteiger partial charge is 0.346 e. The molecule has 0 spiro atoms. The second-order valence-electron chi connectivity index (χ2n) is 5.27. The first kappa shape index (κ1) is 13.6. The summed E-state index contributed by atoms with van der Waals surface area (Å²) in [6, 6.07) is 5.15. The maximum absolute atomic E-state index is 12.2. The van der Waals surface area contributed by atoms with Crippen molar-refractivity contribution in [3.05, 3.63) is 40.6 Å². The molecule has 1 amide bonds. The van der Waals surface area contributed by atoms with E-state index in [9.17, 15) is 9.59 Å². The van der Waals surface area contributed by atoms with Crippen LogP contribution < -0.4 is 11.0 Å². The first-order valence-corrected chi connectivity index (χ1v) is 7.18. The van der Waals surface area contributed by atoms with Crippen LogP contribution in [0.5, 0.6) is 0 Å². The zero-order valence-corrected chi connectivity index (χ0v) is 11.6. The molecule has 1 saturated carbocycles. The second kappa shape index (κ2) is 5.95. The van der Waals surface area contributed by atoms with Crippen molar-refractivity contribution in [2.45, 2.75) is 38.1 Å². The Bertz CT molecular complexity index is 670. The van der Waals surface area contributed by atoms with E-state index in [0.29, 0.717) is 11.5 Å². The number of H-pyrrole nitrogens is 1. The number of nitrogens with zero attached hydrogens (tertiary/aromatic N) is 1. The summed E-state index contributed by atoms with van der Waals surface area (Å²) in [5.41, 5.74) is 0.0159. The number of hydrogen-bond donors (Lipinski definition) is 2. The van der Waals surface area contributed by atoms with Gasteiger partial charge in [0.15, 0.2) is 0 Å². The third-order valence-corrected chi connectivity index (χ3v) is 3.70. The van der Waals surface area contributed by atoms with E-state index in [1.165, 1.54) is 12.7 Å². The van der Waals surface area contributed by atoms with E-state index in [1.807, 2.05) is 0 Å². The fourth-order valence-corrected chi connectivity index (χ4v) is 2.64. The molecule has 0 radical (unpaired) electrons. The Balaban J connectivity index is 1.81. The minimum atomic E-state index is -0.558. The number of aromatic nitrogens is 2. The van der Waals surface area contributed by atoms with Gasteiger partial charge in [-0.3, -0.25) is 4.79 Å². The molecule has 0 atom stereocenters. The van der Waals surface area contributed by atoms with E-state index >= 15 is 0 Å². The van der Waals surface area contributed by atoms with Crippen molar-refractivity contribution in [2.24, 2.45) is 0 Å². The van der Waals surface area contributed by atoms with Gasteiger partial charge < -0.3 is 14.7 Å². The molecule has 2 aromatic rings. The van der Waals surface area contributed by atoms with E-state index < -0.39 is 5.69 Å². The Labute approximate surface area is 121 Å². The Morgan fingerprint density at radius 1 is 1.33 bits per heavy atom. The molecule has 1 aliphatic rings. The molecule has 6 nitrogen and oxygen atoms in total. The SMILES string of the molecule is O=C(NC1CCCCC1)c1cc(-c2ccco2)[nH]c(=O)n1. The van der Waals surface area contributed by atoms with Crippen LogP contribution in [0.25, 0.3) is 11.5 Å². The van der Waals surface area contributed by atoms with Gasteiger partial charge in [0.1, 0.15) is 11.5 Å². The summed E-state index contributed by atoms with van der Waals surface area (Å²) in [7, 11) is 0. The first-order valence-electron chi connectivity index (χ1n) is 7.18. The van der Waals surface area contributed by atoms with Crippen molar-refractivity contribution in [3.8, 4) is 11.5 Å². The minimum absolute atomic E-state index is 0.121. The molecule has 0 bridgehead atoms. The number of hydrogen-bond acceptors (Lipinski definition) is 4. The zero-order valence-electron chi connectivity index (χ0n) is 11.6. The van der Waals surface area contributed by atoms with Crippen LogP contribution in [0.1, 0.15) is 42.6 Å². The molecule has 0 unspecified atom stereocenters. The Hall–Kier alpha value is -2.37. The predicted molar refractivity (Wildman–Crippen MR) is 76.9 cm³/mol. The minimum Gasteiger partial charge on any atom is -0.463 e. The summed E-state index contributed by atoms with van der Waals surface area (Å²) in [4.78, 5) is 30.2. The largest absolute Gasteiger partial charge is 0.463 e. The molecule has 21 heavy (non-hydrogen) atoms. The van der Waals surface area contributed by atoms with E-state index in [-0.39, 0.29) is 17.6 Å². The molecule has 110 valence electrons. The monoisotopic (exact) mass is 287 g/mol. The lowest BCUT2D eigenvalue weighted by Crippen LogP contribution is -2.37. The van der Waals surface area contributed by atoms with Gasteiger partial charge in [0.2, 0.25) is 0 Å². The number of carbonyl (C=O) groups excluding carboxylic acids is 1. The molecule has 2 N–H and O–H groups in total. The third-order valence-electron chi connectivity index (χ3n) is 3.70. The Kier molecular flexibility index (Phi) is 3.85. The standard InChI is InChI=1S/C15H17N3O3/c19-14(16-10-5-2-1-3-6-10)12-9-11(17-15(20)18-12)13-7-4-8-21-13/h4,7-10H,1-3,5-6H2,(H,16,19)(H,17,18,20). The van der Waals surface area contributed by atoms with Gasteiger partial charge >= 0.3 is 5.69 Å². The van der Waals surface area contributed by atoms with E-state index in [0.717, 1.165) is 25.7 Å². The molecule has 2 heterocycles. The highest BCUT2D eigenvalue weighted by atomic mass is 16.3. The number of rotatable bonds is 3. The van der Waals surface area contributed by atoms with Crippen molar-refractivity contribution in [1.29, 1.82) is 0 Å². The highest BCUT2D eigenvalue weighted by molar-refractivity contribution is 5.93. The molecule has 2 aromatic heterocycles. The van der Waals surface area contributed by atoms with Crippen LogP contribution in [0.4, 0.5) is 0 Å². The second-order valence-corrected chi connectivity index (χ2v) is 5.27. The molecule has 3 rings (SSSR count). The number of aromatic amines is 1. The van der Waals surface area contributed by atoms with Gasteiger partial charge in [-0.05, 0) is 31.0 Å². The normalized spacial score (nSPS) is 15.8. The number of furan rings is 1. The van der Waals surface area contributed by atoms with Gasteiger partial charge in [-0.25, -0.2) is 4.79 Å². The molecule has 0 saturated heterocycles. The topological polar surface area (TPSA) is 88.0 Å². The van der Waals surface area contributed by atoms with E-state index in [2.05, 4.69) is 15.3 Å². The van der Waals surface area contributed by atoms with Crippen molar-refractivity contribution in [2.75, 3.05) is 0 Å². The summed E-state index contributed by atoms with van der Waals surface area (Å²) in [5.74, 6) is 0.196. The van der Waals surface area contributed by atoms with Gasteiger partial charge in [0.05, 0.1) is 12.0 Å². The first-order chi connectivity index (χ1) is 10.2. The molecular formula is C15H17N3O3. The lowest BCUT2D eigenvalue weighted by molar-refractivity contribution is 0.0922. The summed E-state index contributed by atoms with van der Waals surface area (Å²) in [6.07, 6.45) is 6.96. The van der Waals surface area contributed by atoms with Crippen LogP contribution >= 0.6 is 0 Å². The lowest BCUT2D eigenvalue weighted by Gasteiger charge is -2.22. The van der Waals surface area contributed by atoms with Crippen LogP contribution in [0.2, 0.25) is 0 Å². The maximum atomic E-state index is 12.2. The third kappa shape index (κ3) is 3.21. The van der Waals surface area contributed by atoms with Gasteiger partial charge in [-0.1, -0.05) is 19.3 Å². The van der Waals surface area contributed by atoms with Crippen molar-refractivity contribution in [3.63, 3.8) is 0 Å². The summed E-state index contributed by atoms with van der Waals surface area (Å²) >= 11 is 0. The number of nitrogens with one attached hydrogen (secondary N) is 2. The van der Waals surface area contributed by atoms with E-state index in [4.69, 9.17) is 4.42 Å².